The zero-order chi connectivity index (χ0) is 5.11. The normalized spacial score (nSPS) is 16.4. The zero-order valence-corrected chi connectivity index (χ0v) is 4.18. The smallest absolute Gasteiger partial charge is 0.198 e. The van der Waals surface area contributed by atoms with Gasteiger partial charge in [0, 0.05) is 0 Å². The molecule has 0 saturated heterocycles. The third-order valence-electron chi connectivity index (χ3n) is 0.827. The molecule has 0 aliphatic carbocycles. The van der Waals surface area contributed by atoms with Gasteiger partial charge in [0.25, 0.3) is 0 Å². The van der Waals surface area contributed by atoms with Gasteiger partial charge in [-0.15, -0.1) is 0 Å². The molecule has 1 aliphatic heterocycles. The highest BCUT2D eigenvalue weighted by Crippen LogP contribution is 2.02. The molecule has 0 saturated carbocycles. The average Bonchev–Trinajstić information content (AvgIpc) is 2.14. The van der Waals surface area contributed by atoms with E-state index in [9.17, 15) is 0 Å². The first-order chi connectivity index (χ1) is 3.43. The lowest BCUT2D eigenvalue weighted by molar-refractivity contribution is 1.07. The Bertz CT molecular complexity index is 113. The van der Waals surface area contributed by atoms with Crippen LogP contribution in [0, 0.1) is 0 Å². The molecule has 0 N–H and O–H groups in total. The van der Waals surface area contributed by atoms with Crippen molar-refractivity contribution in [1.82, 2.24) is 5.32 Å². The summed E-state index contributed by atoms with van der Waals surface area (Å²) in [6.45, 7) is 2.04. The van der Waals surface area contributed by atoms with Gasteiger partial charge in [-0.25, -0.2) is 10.3 Å². The Hall–Kier alpha value is -0.790. The maximum Gasteiger partial charge on any atom is 0.198 e. The molecule has 0 bridgehead atoms. The van der Waals surface area contributed by atoms with E-state index in [2.05, 4.69) is 16.6 Å². The van der Waals surface area contributed by atoms with Crippen molar-refractivity contribution < 1.29 is 0 Å². The molecule has 2 heteroatoms. The monoisotopic (exact) mass is 94.1 g/mol. The first-order valence-electron chi connectivity index (χ1n) is 2.28. The molecule has 0 aromatic carbocycles. The second kappa shape index (κ2) is 1.78. The van der Waals surface area contributed by atoms with Crippen LogP contribution in [0.4, 0.5) is 0 Å². The second-order valence-electron chi connectivity index (χ2n) is 1.31. The summed E-state index contributed by atoms with van der Waals surface area (Å²) in [5, 5.41) is 3.66. The Balaban J connectivity index is 2.52. The van der Waals surface area contributed by atoms with Crippen molar-refractivity contribution in [1.29, 1.82) is 0 Å². The van der Waals surface area contributed by atoms with Crippen LogP contribution >= 0.6 is 0 Å². The van der Waals surface area contributed by atoms with Crippen LogP contribution in [0.2, 0.25) is 0 Å². The molecule has 0 amide bonds. The molecule has 1 rings (SSSR count). The Kier molecular flexibility index (Phi) is 1.11. The lowest BCUT2D eigenvalue weighted by Crippen LogP contribution is -1.80. The Morgan fingerprint density at radius 2 is 2.71 bits per heavy atom. The summed E-state index contributed by atoms with van der Waals surface area (Å²) in [5.74, 6) is 0. The molecule has 2 nitrogen and oxygen atoms in total. The highest BCUT2D eigenvalue weighted by Gasteiger charge is 1.93. The van der Waals surface area contributed by atoms with Crippen molar-refractivity contribution in [3.63, 3.8) is 0 Å². The van der Waals surface area contributed by atoms with Crippen LogP contribution < -0.4 is 5.32 Å². The van der Waals surface area contributed by atoms with Gasteiger partial charge in [-0.1, -0.05) is 6.92 Å². The van der Waals surface area contributed by atoms with Crippen molar-refractivity contribution in [2.75, 3.05) is 0 Å². The van der Waals surface area contributed by atoms with E-state index in [1.807, 2.05) is 6.92 Å². The fourth-order valence-electron chi connectivity index (χ4n) is 0.396. The molecule has 7 heavy (non-hydrogen) atoms. The Labute approximate surface area is 42.9 Å². The first kappa shape index (κ1) is 4.37. The van der Waals surface area contributed by atoms with Gasteiger partial charge >= 0.3 is 0 Å². The number of nitrogens with zero attached hydrogens (tertiary/aromatic N) is 2. The summed E-state index contributed by atoms with van der Waals surface area (Å²) in [6, 6.07) is 0. The zero-order valence-electron chi connectivity index (χ0n) is 4.18. The Morgan fingerprint density at radius 3 is 3.00 bits per heavy atom. The minimum atomic E-state index is 0.955. The SMILES string of the molecule is CCC1=C[N][C]=N1. The van der Waals surface area contributed by atoms with E-state index in [0.717, 1.165) is 12.1 Å². The van der Waals surface area contributed by atoms with Crippen LogP contribution in [0.3, 0.4) is 0 Å². The fraction of sp³-hybridized carbons (Fsp3) is 0.400. The molecular weight excluding hydrogens is 88.1 g/mol. The van der Waals surface area contributed by atoms with E-state index < -0.39 is 0 Å². The van der Waals surface area contributed by atoms with Crippen LogP contribution in [0.25, 0.3) is 0 Å². The van der Waals surface area contributed by atoms with E-state index >= 15 is 0 Å². The summed E-state index contributed by atoms with van der Waals surface area (Å²) >= 11 is 0. The average molecular weight is 94.1 g/mol. The number of hydrogen-bond acceptors (Lipinski definition) is 1. The predicted octanol–water partition coefficient (Wildman–Crippen LogP) is 0.761. The highest BCUT2D eigenvalue weighted by atomic mass is 15.0. The van der Waals surface area contributed by atoms with E-state index in [4.69, 9.17) is 0 Å². The maximum atomic E-state index is 3.80. The molecule has 1 aliphatic rings. The highest BCUT2D eigenvalue weighted by molar-refractivity contribution is 5.60. The largest absolute Gasteiger partial charge is 0.232 e. The molecular formula is C5H6N2. The quantitative estimate of drug-likeness (QED) is 0.458. The van der Waals surface area contributed by atoms with Crippen LogP contribution in [0.5, 0.6) is 0 Å². The summed E-state index contributed by atoms with van der Waals surface area (Å²) < 4.78 is 0. The number of hydrogen-bond donors (Lipinski definition) is 0. The van der Waals surface area contributed by atoms with Gasteiger partial charge in [-0.2, -0.15) is 0 Å². The summed E-state index contributed by atoms with van der Waals surface area (Å²) in [6.07, 6.45) is 5.16. The minimum absolute atomic E-state index is 0.955. The number of rotatable bonds is 1. The van der Waals surface area contributed by atoms with E-state index in [0.29, 0.717) is 0 Å². The molecule has 0 spiro atoms. The first-order valence-corrected chi connectivity index (χ1v) is 2.28. The standard InChI is InChI=1S/C5H6N2/c1-2-5-3-6-4-7-5/h3H,2H2,1H3. The van der Waals surface area contributed by atoms with Crippen molar-refractivity contribution >= 4 is 6.34 Å². The second-order valence-corrected chi connectivity index (χ2v) is 1.31. The van der Waals surface area contributed by atoms with E-state index in [-0.39, 0.29) is 0 Å². The molecule has 1 heterocycles. The van der Waals surface area contributed by atoms with Crippen LogP contribution in [-0.4, -0.2) is 6.34 Å². The lowest BCUT2D eigenvalue weighted by atomic mass is 10.4. The van der Waals surface area contributed by atoms with Crippen LogP contribution in [-0.2, 0) is 0 Å². The van der Waals surface area contributed by atoms with Crippen molar-refractivity contribution in [3.05, 3.63) is 11.9 Å². The molecule has 0 fully saturated rings. The van der Waals surface area contributed by atoms with E-state index in [1.54, 1.807) is 6.20 Å². The van der Waals surface area contributed by atoms with Gasteiger partial charge < -0.3 is 0 Å². The van der Waals surface area contributed by atoms with Crippen molar-refractivity contribution in [2.45, 2.75) is 13.3 Å². The van der Waals surface area contributed by atoms with Gasteiger partial charge in [0.15, 0.2) is 6.34 Å². The summed E-state index contributed by atoms with van der Waals surface area (Å²) in [4.78, 5) is 3.80. The summed E-state index contributed by atoms with van der Waals surface area (Å²) in [7, 11) is 0. The molecule has 0 aromatic heterocycles. The van der Waals surface area contributed by atoms with Crippen molar-refractivity contribution in [3.8, 4) is 0 Å². The third kappa shape index (κ3) is 0.796. The van der Waals surface area contributed by atoms with Gasteiger partial charge in [0.05, 0.1) is 11.9 Å². The Morgan fingerprint density at radius 1 is 1.86 bits per heavy atom. The summed E-state index contributed by atoms with van der Waals surface area (Å²) in [5.41, 5.74) is 1.01. The van der Waals surface area contributed by atoms with Crippen LogP contribution in [0.15, 0.2) is 16.9 Å². The maximum absolute atomic E-state index is 3.80. The molecule has 0 unspecified atom stereocenters. The van der Waals surface area contributed by atoms with Gasteiger partial charge in [0.1, 0.15) is 0 Å². The van der Waals surface area contributed by atoms with Gasteiger partial charge in [-0.3, -0.25) is 0 Å². The minimum Gasteiger partial charge on any atom is -0.232 e. The van der Waals surface area contributed by atoms with Crippen LogP contribution in [0.1, 0.15) is 13.3 Å². The van der Waals surface area contributed by atoms with Gasteiger partial charge in [0.2, 0.25) is 0 Å². The fourth-order valence-corrected chi connectivity index (χ4v) is 0.396. The van der Waals surface area contributed by atoms with Gasteiger partial charge in [-0.05, 0) is 6.42 Å². The molecule has 36 valence electrons. The molecule has 2 radical (unpaired) electrons. The molecule has 0 atom stereocenters. The van der Waals surface area contributed by atoms with Crippen molar-refractivity contribution in [2.24, 2.45) is 4.99 Å². The third-order valence-corrected chi connectivity index (χ3v) is 0.827. The number of aliphatic imine (C=N–C) groups is 1. The number of allylic oxidation sites excluding steroid dienone is 1. The lowest BCUT2D eigenvalue weighted by Gasteiger charge is -1.81. The predicted molar refractivity (Wildman–Crippen MR) is 27.9 cm³/mol. The molecule has 0 aromatic rings. The topological polar surface area (TPSA) is 26.5 Å². The van der Waals surface area contributed by atoms with E-state index in [1.165, 1.54) is 0 Å².